The molecule has 138 valence electrons. The van der Waals surface area contributed by atoms with Crippen molar-refractivity contribution < 1.29 is 19.1 Å². The molecule has 0 aliphatic rings. The van der Waals surface area contributed by atoms with E-state index in [-0.39, 0.29) is 12.3 Å². The van der Waals surface area contributed by atoms with Crippen molar-refractivity contribution in [3.05, 3.63) is 70.4 Å². The van der Waals surface area contributed by atoms with Crippen molar-refractivity contribution in [1.29, 1.82) is 0 Å². The van der Waals surface area contributed by atoms with Gasteiger partial charge in [-0.15, -0.1) is 0 Å². The average molecular weight is 385 g/mol. The molecule has 0 spiro atoms. The lowest BCUT2D eigenvalue weighted by atomic mass is 10.1. The molecule has 7 heteroatoms. The van der Waals surface area contributed by atoms with Gasteiger partial charge in [-0.25, -0.2) is 0 Å². The van der Waals surface area contributed by atoms with Crippen molar-refractivity contribution in [3.63, 3.8) is 0 Å². The SMILES string of the molecule is Cc1[nH]c2ccccc2c1C(=O)COC(=O)CNC(=O)c1ccc(Cl)cc1. The Labute approximate surface area is 160 Å². The van der Waals surface area contributed by atoms with Gasteiger partial charge in [-0.1, -0.05) is 29.8 Å². The second-order valence-corrected chi connectivity index (χ2v) is 6.38. The summed E-state index contributed by atoms with van der Waals surface area (Å²) >= 11 is 5.76. The minimum atomic E-state index is -0.692. The Morgan fingerprint density at radius 2 is 1.78 bits per heavy atom. The number of ether oxygens (including phenoxy) is 1. The minimum absolute atomic E-state index is 0.303. The first kappa shape index (κ1) is 18.7. The lowest BCUT2D eigenvalue weighted by Gasteiger charge is -2.07. The fourth-order valence-corrected chi connectivity index (χ4v) is 2.89. The Kier molecular flexibility index (Phi) is 5.57. The van der Waals surface area contributed by atoms with Crippen LogP contribution in [0.3, 0.4) is 0 Å². The Morgan fingerprint density at radius 1 is 1.07 bits per heavy atom. The normalized spacial score (nSPS) is 10.6. The van der Waals surface area contributed by atoms with Gasteiger partial charge in [0.2, 0.25) is 5.78 Å². The molecule has 0 aliphatic heterocycles. The van der Waals surface area contributed by atoms with Crippen LogP contribution in [0.2, 0.25) is 5.02 Å². The van der Waals surface area contributed by atoms with Crippen molar-refractivity contribution in [2.75, 3.05) is 13.2 Å². The van der Waals surface area contributed by atoms with Crippen molar-refractivity contribution in [2.24, 2.45) is 0 Å². The van der Waals surface area contributed by atoms with Crippen LogP contribution in [0.15, 0.2) is 48.5 Å². The summed E-state index contributed by atoms with van der Waals surface area (Å²) in [5.41, 5.74) is 2.44. The van der Waals surface area contributed by atoms with E-state index in [1.54, 1.807) is 31.2 Å². The molecule has 0 radical (unpaired) electrons. The molecule has 0 saturated carbocycles. The van der Waals surface area contributed by atoms with E-state index in [0.717, 1.165) is 10.9 Å². The summed E-state index contributed by atoms with van der Waals surface area (Å²) in [6.07, 6.45) is 0. The topological polar surface area (TPSA) is 88.3 Å². The van der Waals surface area contributed by atoms with E-state index in [0.29, 0.717) is 21.8 Å². The van der Waals surface area contributed by atoms with Crippen LogP contribution in [0, 0.1) is 6.92 Å². The van der Waals surface area contributed by atoms with Gasteiger partial charge in [0, 0.05) is 32.7 Å². The molecule has 1 amide bonds. The van der Waals surface area contributed by atoms with Gasteiger partial charge in [0.25, 0.3) is 5.91 Å². The highest BCUT2D eigenvalue weighted by atomic mass is 35.5. The summed E-state index contributed by atoms with van der Waals surface area (Å²) in [6.45, 7) is 1.07. The number of benzene rings is 2. The van der Waals surface area contributed by atoms with Gasteiger partial charge >= 0.3 is 5.97 Å². The number of ketones is 1. The third kappa shape index (κ3) is 4.35. The lowest BCUT2D eigenvalue weighted by molar-refractivity contribution is -0.141. The number of aromatic nitrogens is 1. The van der Waals surface area contributed by atoms with Crippen LogP contribution in [0.5, 0.6) is 0 Å². The van der Waals surface area contributed by atoms with E-state index in [1.165, 1.54) is 0 Å². The summed E-state index contributed by atoms with van der Waals surface area (Å²) in [7, 11) is 0. The van der Waals surface area contributed by atoms with Crippen LogP contribution in [0.4, 0.5) is 0 Å². The Hall–Kier alpha value is -3.12. The summed E-state index contributed by atoms with van der Waals surface area (Å²) in [5, 5.41) is 3.74. The van der Waals surface area contributed by atoms with E-state index in [9.17, 15) is 14.4 Å². The maximum atomic E-state index is 12.4. The maximum absolute atomic E-state index is 12.4. The van der Waals surface area contributed by atoms with Crippen LogP contribution in [-0.2, 0) is 9.53 Å². The van der Waals surface area contributed by atoms with E-state index in [4.69, 9.17) is 16.3 Å². The third-order valence-electron chi connectivity index (χ3n) is 4.04. The number of carbonyl (C=O) groups excluding carboxylic acids is 3. The highest BCUT2D eigenvalue weighted by molar-refractivity contribution is 6.30. The molecular formula is C20H17ClN2O4. The molecule has 0 fully saturated rings. The van der Waals surface area contributed by atoms with Crippen LogP contribution in [0.1, 0.15) is 26.4 Å². The first-order chi connectivity index (χ1) is 13.0. The number of fused-ring (bicyclic) bond motifs is 1. The van der Waals surface area contributed by atoms with Crippen LogP contribution < -0.4 is 5.32 Å². The molecular weight excluding hydrogens is 368 g/mol. The van der Waals surface area contributed by atoms with E-state index in [1.807, 2.05) is 24.3 Å². The lowest BCUT2D eigenvalue weighted by Crippen LogP contribution is -2.31. The van der Waals surface area contributed by atoms with Gasteiger partial charge in [-0.05, 0) is 37.3 Å². The zero-order valence-electron chi connectivity index (χ0n) is 14.5. The first-order valence-electron chi connectivity index (χ1n) is 8.25. The number of H-pyrrole nitrogens is 1. The van der Waals surface area contributed by atoms with E-state index < -0.39 is 18.5 Å². The highest BCUT2D eigenvalue weighted by Gasteiger charge is 2.17. The van der Waals surface area contributed by atoms with Crippen LogP contribution in [-0.4, -0.2) is 35.8 Å². The maximum Gasteiger partial charge on any atom is 0.325 e. The highest BCUT2D eigenvalue weighted by Crippen LogP contribution is 2.22. The molecule has 2 N–H and O–H groups in total. The largest absolute Gasteiger partial charge is 0.456 e. The van der Waals surface area contributed by atoms with Crippen molar-refractivity contribution in [1.82, 2.24) is 10.3 Å². The van der Waals surface area contributed by atoms with Crippen molar-refractivity contribution in [2.45, 2.75) is 6.92 Å². The Balaban J connectivity index is 1.54. The molecule has 27 heavy (non-hydrogen) atoms. The van der Waals surface area contributed by atoms with Crippen LogP contribution in [0.25, 0.3) is 10.9 Å². The van der Waals surface area contributed by atoms with Crippen LogP contribution >= 0.6 is 11.6 Å². The van der Waals surface area contributed by atoms with E-state index in [2.05, 4.69) is 10.3 Å². The van der Waals surface area contributed by atoms with Gasteiger partial charge in [-0.3, -0.25) is 14.4 Å². The Bertz CT molecular complexity index is 1010. The third-order valence-corrected chi connectivity index (χ3v) is 4.29. The number of rotatable bonds is 6. The number of esters is 1. The molecule has 0 atom stereocenters. The summed E-state index contributed by atoms with van der Waals surface area (Å²) in [6, 6.07) is 13.7. The number of para-hydroxylation sites is 1. The second-order valence-electron chi connectivity index (χ2n) is 5.94. The predicted molar refractivity (Wildman–Crippen MR) is 102 cm³/mol. The molecule has 6 nitrogen and oxygen atoms in total. The fraction of sp³-hybridized carbons (Fsp3) is 0.150. The molecule has 0 aliphatic carbocycles. The number of nitrogens with one attached hydrogen (secondary N) is 2. The smallest absolute Gasteiger partial charge is 0.325 e. The summed E-state index contributed by atoms with van der Waals surface area (Å²) in [4.78, 5) is 39.4. The average Bonchev–Trinajstić information content (AvgIpc) is 3.00. The second kappa shape index (κ2) is 8.05. The number of hydrogen-bond donors (Lipinski definition) is 2. The number of hydrogen-bond acceptors (Lipinski definition) is 4. The zero-order valence-corrected chi connectivity index (χ0v) is 15.3. The number of Topliss-reactive ketones (excluding diaryl/α,β-unsaturated/α-hetero) is 1. The molecule has 3 aromatic rings. The molecule has 0 saturated heterocycles. The molecule has 1 aromatic heterocycles. The monoisotopic (exact) mass is 384 g/mol. The zero-order chi connectivity index (χ0) is 19.4. The predicted octanol–water partition coefficient (Wildman–Crippen LogP) is 3.29. The number of halogens is 1. The van der Waals surface area contributed by atoms with Gasteiger partial charge in [0.05, 0.1) is 0 Å². The number of aryl methyl sites for hydroxylation is 1. The quantitative estimate of drug-likeness (QED) is 0.504. The molecule has 1 heterocycles. The van der Waals surface area contributed by atoms with Crippen molar-refractivity contribution >= 4 is 40.2 Å². The Morgan fingerprint density at radius 3 is 2.52 bits per heavy atom. The van der Waals surface area contributed by atoms with Gasteiger partial charge in [0.15, 0.2) is 6.61 Å². The molecule has 2 aromatic carbocycles. The fourth-order valence-electron chi connectivity index (χ4n) is 2.76. The molecule has 0 bridgehead atoms. The van der Waals surface area contributed by atoms with Gasteiger partial charge in [0.1, 0.15) is 6.54 Å². The number of carbonyl (C=O) groups is 3. The van der Waals surface area contributed by atoms with E-state index >= 15 is 0 Å². The van der Waals surface area contributed by atoms with Crippen molar-refractivity contribution in [3.8, 4) is 0 Å². The minimum Gasteiger partial charge on any atom is -0.456 e. The van der Waals surface area contributed by atoms with Gasteiger partial charge in [-0.2, -0.15) is 0 Å². The molecule has 0 unspecified atom stereocenters. The summed E-state index contributed by atoms with van der Waals surface area (Å²) < 4.78 is 5.00. The van der Waals surface area contributed by atoms with Gasteiger partial charge < -0.3 is 15.0 Å². The number of amides is 1. The molecule has 3 rings (SSSR count). The summed E-state index contributed by atoms with van der Waals surface area (Å²) in [5.74, 6) is -1.42. The standard InChI is InChI=1S/C20H17ClN2O4/c1-12-19(15-4-2-3-5-16(15)23-12)17(24)11-27-18(25)10-22-20(26)13-6-8-14(21)9-7-13/h2-9,23H,10-11H2,1H3,(H,22,26). The first-order valence-corrected chi connectivity index (χ1v) is 8.63. The number of aromatic amines is 1.